The number of carbonyl (C=O) groups excluding carboxylic acids is 4. The van der Waals surface area contributed by atoms with Crippen LogP contribution in [0, 0.1) is 0 Å². The van der Waals surface area contributed by atoms with Crippen molar-refractivity contribution in [2.24, 2.45) is 5.73 Å². The molecule has 1 heterocycles. The molecule has 0 radical (unpaired) electrons. The average Bonchev–Trinajstić information content (AvgIpc) is 2.67. The van der Waals surface area contributed by atoms with E-state index in [-0.39, 0.29) is 19.3 Å². The lowest BCUT2D eigenvalue weighted by Crippen LogP contribution is -2.67. The first-order chi connectivity index (χ1) is 15.3. The third-order valence-electron chi connectivity index (χ3n) is 4.52. The van der Waals surface area contributed by atoms with Crippen LogP contribution in [0.25, 0.3) is 0 Å². The largest absolute Gasteiger partial charge is 0.463 e. The van der Waals surface area contributed by atoms with Crippen LogP contribution in [0.5, 0.6) is 0 Å². The molecule has 0 saturated carbocycles. The van der Waals surface area contributed by atoms with E-state index in [1.54, 1.807) is 13.8 Å². The summed E-state index contributed by atoms with van der Waals surface area (Å²) in [5.41, 5.74) is 4.84. The maximum absolute atomic E-state index is 11.9. The molecular formula is C21H36N2O10. The zero-order chi connectivity index (χ0) is 25.3. The molecule has 1 saturated heterocycles. The summed E-state index contributed by atoms with van der Waals surface area (Å²) in [6.45, 7) is 10.2. The highest BCUT2D eigenvalue weighted by Gasteiger charge is 2.51. The maximum atomic E-state index is 11.9. The predicted octanol–water partition coefficient (Wildman–Crippen LogP) is -0.198. The fraction of sp³-hybridized carbons (Fsp3) is 0.810. The van der Waals surface area contributed by atoms with Crippen molar-refractivity contribution in [3.05, 3.63) is 0 Å². The van der Waals surface area contributed by atoms with Gasteiger partial charge in [0.05, 0.1) is 18.3 Å². The minimum Gasteiger partial charge on any atom is -0.463 e. The van der Waals surface area contributed by atoms with Crippen LogP contribution < -0.4 is 11.1 Å². The molecule has 1 aliphatic heterocycles. The van der Waals surface area contributed by atoms with Gasteiger partial charge >= 0.3 is 17.9 Å². The summed E-state index contributed by atoms with van der Waals surface area (Å²) < 4.78 is 33.5. The van der Waals surface area contributed by atoms with E-state index in [1.807, 2.05) is 6.92 Å². The minimum atomic E-state index is -1.18. The lowest BCUT2D eigenvalue weighted by molar-refractivity contribution is -0.287. The lowest BCUT2D eigenvalue weighted by Gasteiger charge is -2.45. The van der Waals surface area contributed by atoms with Gasteiger partial charge in [0.1, 0.15) is 18.8 Å². The topological polar surface area (TPSA) is 162 Å². The Balaban J connectivity index is 3.26. The highest BCUT2D eigenvalue weighted by Crippen LogP contribution is 2.29. The summed E-state index contributed by atoms with van der Waals surface area (Å²) in [6, 6.07) is -1.04. The highest BCUT2D eigenvalue weighted by molar-refractivity contribution is 5.73. The molecule has 0 spiro atoms. The molecule has 190 valence electrons. The smallest absolute Gasteiger partial charge is 0.303 e. The quantitative estimate of drug-likeness (QED) is 0.300. The third kappa shape index (κ3) is 10.0. The van der Waals surface area contributed by atoms with E-state index in [0.717, 1.165) is 0 Å². The van der Waals surface area contributed by atoms with Crippen LogP contribution in [0.4, 0.5) is 0 Å². The van der Waals surface area contributed by atoms with Gasteiger partial charge in [0, 0.05) is 34.2 Å². The molecule has 6 atom stereocenters. The molecule has 33 heavy (non-hydrogen) atoms. The van der Waals surface area contributed by atoms with Crippen molar-refractivity contribution in [3.63, 3.8) is 0 Å². The molecule has 1 fully saturated rings. The van der Waals surface area contributed by atoms with Gasteiger partial charge in [-0.05, 0) is 20.8 Å². The summed E-state index contributed by atoms with van der Waals surface area (Å²) in [5, 5.41) is 2.64. The Bertz CT molecular complexity index is 699. The maximum Gasteiger partial charge on any atom is 0.303 e. The molecule has 0 aliphatic carbocycles. The van der Waals surface area contributed by atoms with E-state index in [1.165, 1.54) is 27.7 Å². The van der Waals surface area contributed by atoms with Gasteiger partial charge < -0.3 is 39.5 Å². The van der Waals surface area contributed by atoms with E-state index in [9.17, 15) is 19.2 Å². The summed E-state index contributed by atoms with van der Waals surface area (Å²) in [5.74, 6) is -2.41. The van der Waals surface area contributed by atoms with Crippen molar-refractivity contribution in [2.75, 3.05) is 19.8 Å². The van der Waals surface area contributed by atoms with Gasteiger partial charge in [0.15, 0.2) is 18.5 Å². The molecular weight excluding hydrogens is 440 g/mol. The Kier molecular flexibility index (Phi) is 11.2. The number of rotatable bonds is 11. The lowest BCUT2D eigenvalue weighted by atomic mass is 9.96. The Morgan fingerprint density at radius 3 is 2.06 bits per heavy atom. The first-order valence-corrected chi connectivity index (χ1v) is 10.7. The van der Waals surface area contributed by atoms with E-state index < -0.39 is 60.1 Å². The zero-order valence-electron chi connectivity index (χ0n) is 20.2. The van der Waals surface area contributed by atoms with E-state index in [2.05, 4.69) is 5.32 Å². The summed E-state index contributed by atoms with van der Waals surface area (Å²) in [7, 11) is 0. The molecule has 6 unspecified atom stereocenters. The monoisotopic (exact) mass is 476 g/mol. The average molecular weight is 477 g/mol. The van der Waals surface area contributed by atoms with Gasteiger partial charge in [-0.2, -0.15) is 0 Å². The Morgan fingerprint density at radius 1 is 1.00 bits per heavy atom. The van der Waals surface area contributed by atoms with Crippen molar-refractivity contribution < 1.29 is 47.6 Å². The zero-order valence-corrected chi connectivity index (χ0v) is 20.2. The van der Waals surface area contributed by atoms with Gasteiger partial charge in [0.25, 0.3) is 0 Å². The van der Waals surface area contributed by atoms with Gasteiger partial charge in [-0.1, -0.05) is 0 Å². The fourth-order valence-corrected chi connectivity index (χ4v) is 3.34. The van der Waals surface area contributed by atoms with Crippen LogP contribution in [0.3, 0.4) is 0 Å². The van der Waals surface area contributed by atoms with Crippen LogP contribution in [0.1, 0.15) is 48.5 Å². The van der Waals surface area contributed by atoms with Crippen molar-refractivity contribution in [1.29, 1.82) is 0 Å². The molecule has 0 aromatic rings. The van der Waals surface area contributed by atoms with E-state index >= 15 is 0 Å². The second kappa shape index (κ2) is 12.8. The number of nitrogens with one attached hydrogen (secondary N) is 1. The van der Waals surface area contributed by atoms with Crippen LogP contribution in [-0.4, -0.2) is 85.9 Å². The van der Waals surface area contributed by atoms with Crippen molar-refractivity contribution in [1.82, 2.24) is 5.32 Å². The van der Waals surface area contributed by atoms with Gasteiger partial charge in [0.2, 0.25) is 5.91 Å². The Morgan fingerprint density at radius 2 is 1.58 bits per heavy atom. The first kappa shape index (κ1) is 28.8. The molecule has 0 aromatic carbocycles. The number of carbonyl (C=O) groups is 4. The minimum absolute atomic E-state index is 0.0173. The van der Waals surface area contributed by atoms with Crippen molar-refractivity contribution in [3.8, 4) is 0 Å². The molecule has 0 bridgehead atoms. The van der Waals surface area contributed by atoms with Crippen molar-refractivity contribution in [2.45, 2.75) is 90.8 Å². The number of nitrogens with two attached hydrogens (primary N) is 1. The van der Waals surface area contributed by atoms with Crippen LogP contribution in [0.15, 0.2) is 0 Å². The summed E-state index contributed by atoms with van der Waals surface area (Å²) >= 11 is 0. The van der Waals surface area contributed by atoms with Crippen LogP contribution >= 0.6 is 0 Å². The number of ether oxygens (including phenoxy) is 6. The highest BCUT2D eigenvalue weighted by atomic mass is 16.7. The van der Waals surface area contributed by atoms with E-state index in [0.29, 0.717) is 6.54 Å². The van der Waals surface area contributed by atoms with Crippen molar-refractivity contribution >= 4 is 23.8 Å². The molecule has 12 heteroatoms. The van der Waals surface area contributed by atoms with Gasteiger partial charge in [-0.15, -0.1) is 0 Å². The third-order valence-corrected chi connectivity index (χ3v) is 4.52. The number of amides is 1. The van der Waals surface area contributed by atoms with Gasteiger partial charge in [-0.3, -0.25) is 19.2 Å². The summed E-state index contributed by atoms with van der Waals surface area (Å²) in [4.78, 5) is 46.9. The molecule has 3 N–H and O–H groups in total. The van der Waals surface area contributed by atoms with E-state index in [4.69, 9.17) is 34.2 Å². The standard InChI is InChI=1S/C21H36N2O10/c1-11(8-22)33-21(6,7)10-29-20-17(23-12(2)24)19(31-15(5)27)18(30-14(4)26)16(32-20)9-28-13(3)25/h11,16-20H,8-10,22H2,1-7H3,(H,23,24). The molecule has 12 nitrogen and oxygen atoms in total. The Hall–Kier alpha value is -2.28. The normalized spacial score (nSPS) is 26.1. The Labute approximate surface area is 193 Å². The number of esters is 3. The van der Waals surface area contributed by atoms with Crippen LogP contribution in [-0.2, 0) is 47.6 Å². The predicted molar refractivity (Wildman–Crippen MR) is 114 cm³/mol. The number of hydrogen-bond donors (Lipinski definition) is 2. The second-order valence-corrected chi connectivity index (χ2v) is 8.45. The summed E-state index contributed by atoms with van der Waals surface area (Å²) in [6.07, 6.45) is -4.78. The second-order valence-electron chi connectivity index (χ2n) is 8.45. The van der Waals surface area contributed by atoms with Crippen LogP contribution in [0.2, 0.25) is 0 Å². The molecule has 1 aliphatic rings. The first-order valence-electron chi connectivity index (χ1n) is 10.7. The SMILES string of the molecule is CC(=O)NC1C(OCC(C)(C)OC(C)CN)OC(COC(C)=O)C(OC(C)=O)C1OC(C)=O. The fourth-order valence-electron chi connectivity index (χ4n) is 3.34. The number of hydrogen-bond acceptors (Lipinski definition) is 11. The molecule has 1 amide bonds. The molecule has 0 aromatic heterocycles. The molecule has 1 rings (SSSR count). The van der Waals surface area contributed by atoms with Gasteiger partial charge in [-0.25, -0.2) is 0 Å².